The summed E-state index contributed by atoms with van der Waals surface area (Å²) in [5.41, 5.74) is 0. The maximum Gasteiger partial charge on any atom is 0.521 e. The average Bonchev–Trinajstić information content (AvgIpc) is 2.43. The predicted octanol–water partition coefficient (Wildman–Crippen LogP) is -0.605. The van der Waals surface area contributed by atoms with Gasteiger partial charge in [0.15, 0.2) is 8.38 Å². The van der Waals surface area contributed by atoms with Gasteiger partial charge >= 0.3 is 8.03 Å². The van der Waals surface area contributed by atoms with E-state index in [2.05, 4.69) is 4.90 Å². The minimum atomic E-state index is -2.21. The van der Waals surface area contributed by atoms with Crippen LogP contribution < -0.4 is 0 Å². The molecule has 2 unspecified atom stereocenters. The van der Waals surface area contributed by atoms with E-state index in [9.17, 15) is 4.57 Å². The smallest absolute Gasteiger partial charge is 0.376 e. The van der Waals surface area contributed by atoms with Crippen molar-refractivity contribution in [3.63, 3.8) is 0 Å². The minimum Gasteiger partial charge on any atom is -0.376 e. The highest BCUT2D eigenvalue weighted by Crippen LogP contribution is 2.24. The molecule has 11 heteroatoms. The minimum absolute atomic E-state index is 0.130. The van der Waals surface area contributed by atoms with Crippen molar-refractivity contribution in [2.45, 2.75) is 0 Å². The Bertz CT molecular complexity index is 300. The lowest BCUT2D eigenvalue weighted by Gasteiger charge is -2.25. The Morgan fingerprint density at radius 1 is 1.00 bits per heavy atom. The van der Waals surface area contributed by atoms with Gasteiger partial charge in [-0.1, -0.05) is 0 Å². The summed E-state index contributed by atoms with van der Waals surface area (Å²) in [5, 5.41) is 0. The molecule has 0 aromatic carbocycles. The molecule has 1 aliphatic heterocycles. The lowest BCUT2D eigenvalue weighted by Crippen LogP contribution is -2.36. The zero-order chi connectivity index (χ0) is 15.0. The summed E-state index contributed by atoms with van der Waals surface area (Å²) in [5.74, 6) is 0. The van der Waals surface area contributed by atoms with Gasteiger partial charge < -0.3 is 14.7 Å². The third-order valence-corrected chi connectivity index (χ3v) is 5.02. The molecule has 0 aliphatic carbocycles. The topological polar surface area (TPSA) is 108 Å². The van der Waals surface area contributed by atoms with Crippen LogP contribution in [0.2, 0.25) is 0 Å². The molecule has 4 N–H and O–H groups in total. The Labute approximate surface area is 123 Å². The van der Waals surface area contributed by atoms with E-state index in [1.165, 1.54) is 0 Å². The van der Waals surface area contributed by atoms with Gasteiger partial charge in [0.1, 0.15) is 0 Å². The first-order valence-corrected chi connectivity index (χ1v) is 10.3. The van der Waals surface area contributed by atoms with Crippen LogP contribution in [0.15, 0.2) is 0 Å². The molecule has 1 aliphatic rings. The van der Waals surface area contributed by atoms with Gasteiger partial charge in [0, 0.05) is 54.4 Å². The molecule has 2 atom stereocenters. The van der Waals surface area contributed by atoms with E-state index in [1.807, 2.05) is 9.80 Å². The molecule has 0 saturated carbocycles. The van der Waals surface area contributed by atoms with E-state index in [-0.39, 0.29) is 21.4 Å². The largest absolute Gasteiger partial charge is 0.521 e. The second-order valence-corrected chi connectivity index (χ2v) is 7.32. The van der Waals surface area contributed by atoms with E-state index in [1.54, 1.807) is 0 Å². The first kappa shape index (κ1) is 18.7. The highest BCUT2D eigenvalue weighted by atomic mass is 31.2. The van der Waals surface area contributed by atoms with Crippen molar-refractivity contribution in [2.24, 2.45) is 0 Å². The number of hydrogen-bond donors (Lipinski definition) is 4. The highest BCUT2D eigenvalue weighted by molar-refractivity contribution is 7.44. The van der Waals surface area contributed by atoms with Crippen LogP contribution in [0.3, 0.4) is 0 Å². The Kier molecular flexibility index (Phi) is 9.75. The van der Waals surface area contributed by atoms with Crippen LogP contribution in [0.5, 0.6) is 0 Å². The third kappa shape index (κ3) is 8.20. The second-order valence-electron chi connectivity index (χ2n) is 4.68. The Balaban J connectivity index is 2.60. The van der Waals surface area contributed by atoms with Gasteiger partial charge in [-0.3, -0.25) is 14.7 Å². The molecule has 0 radical (unpaired) electrons. The number of rotatable bonds is 6. The molecule has 0 bridgehead atoms. The molecule has 1 rings (SSSR count). The fourth-order valence-electron chi connectivity index (χ4n) is 2.07. The molecule has 0 aromatic heterocycles. The summed E-state index contributed by atoms with van der Waals surface area (Å²) in [6, 6.07) is 0. The fourth-order valence-corrected chi connectivity index (χ4v) is 3.86. The molecule has 1 heterocycles. The van der Waals surface area contributed by atoms with Crippen LogP contribution in [0.1, 0.15) is 0 Å². The Morgan fingerprint density at radius 2 is 1.50 bits per heavy atom. The molecule has 20 heavy (non-hydrogen) atoms. The van der Waals surface area contributed by atoms with Crippen LogP contribution in [0.25, 0.3) is 0 Å². The number of nitrogens with zero attached hydrogens (tertiary/aromatic N) is 3. The van der Waals surface area contributed by atoms with Crippen molar-refractivity contribution in [1.82, 2.24) is 14.7 Å². The summed E-state index contributed by atoms with van der Waals surface area (Å²) in [6.07, 6.45) is 0.940. The SMILES string of the molecule is O=[P+](O)CN1CCN(CPO)CCN(CP(O)O)CC1. The summed E-state index contributed by atoms with van der Waals surface area (Å²) >= 11 is 0. The van der Waals surface area contributed by atoms with Gasteiger partial charge in [0.2, 0.25) is 6.29 Å². The Hall–Kier alpha value is 0.680. The highest BCUT2D eigenvalue weighted by Gasteiger charge is 2.22. The van der Waals surface area contributed by atoms with Crippen molar-refractivity contribution in [3.8, 4) is 0 Å². The van der Waals surface area contributed by atoms with Crippen LogP contribution in [-0.2, 0) is 4.57 Å². The molecule has 1 fully saturated rings. The summed E-state index contributed by atoms with van der Waals surface area (Å²) in [4.78, 5) is 42.3. The van der Waals surface area contributed by atoms with E-state index in [0.29, 0.717) is 32.5 Å². The van der Waals surface area contributed by atoms with Gasteiger partial charge in [-0.2, -0.15) is 4.89 Å². The second kappa shape index (κ2) is 10.4. The van der Waals surface area contributed by atoms with E-state index in [4.69, 9.17) is 19.6 Å². The molecule has 1 saturated heterocycles. The van der Waals surface area contributed by atoms with Crippen molar-refractivity contribution < 1.29 is 24.1 Å². The predicted molar refractivity (Wildman–Crippen MR) is 81.0 cm³/mol. The summed E-state index contributed by atoms with van der Waals surface area (Å²) < 4.78 is 11.0. The summed E-state index contributed by atoms with van der Waals surface area (Å²) in [6.45, 7) is 4.11. The molecular formula is C9H23N3O5P3+. The van der Waals surface area contributed by atoms with Crippen LogP contribution in [0.4, 0.5) is 0 Å². The van der Waals surface area contributed by atoms with Gasteiger partial charge in [0.25, 0.3) is 0 Å². The maximum absolute atomic E-state index is 11.0. The van der Waals surface area contributed by atoms with Gasteiger partial charge in [-0.05, 0) is 4.57 Å². The monoisotopic (exact) mass is 346 g/mol. The molecule has 118 valence electrons. The van der Waals surface area contributed by atoms with Gasteiger partial charge in [-0.25, -0.2) is 0 Å². The Morgan fingerprint density at radius 3 is 1.95 bits per heavy atom. The van der Waals surface area contributed by atoms with Gasteiger partial charge in [-0.15, -0.1) is 0 Å². The molecule has 0 spiro atoms. The van der Waals surface area contributed by atoms with Crippen molar-refractivity contribution in [3.05, 3.63) is 0 Å². The lowest BCUT2D eigenvalue weighted by molar-refractivity contribution is 0.249. The zero-order valence-electron chi connectivity index (χ0n) is 11.3. The maximum atomic E-state index is 11.0. The normalized spacial score (nSPS) is 22.1. The molecular weight excluding hydrogens is 323 g/mol. The standard InChI is InChI=1S/C9H22N3O5P3/c13-18-7-10-1-3-11(8-19(14)15)5-6-12(4-2-10)9-20(16)17/h13-15,18H,1-9H2/p+1. The van der Waals surface area contributed by atoms with Gasteiger partial charge in [0.05, 0.1) is 6.29 Å². The average molecular weight is 346 g/mol. The van der Waals surface area contributed by atoms with Crippen LogP contribution in [0, 0.1) is 0 Å². The van der Waals surface area contributed by atoms with E-state index < -0.39 is 16.4 Å². The van der Waals surface area contributed by atoms with E-state index in [0.717, 1.165) is 13.1 Å². The zero-order valence-corrected chi connectivity index (χ0v) is 14.1. The van der Waals surface area contributed by atoms with Crippen LogP contribution in [-0.4, -0.2) is 92.4 Å². The van der Waals surface area contributed by atoms with Crippen molar-refractivity contribution >= 4 is 25.2 Å². The molecule has 0 aromatic rings. The fraction of sp³-hybridized carbons (Fsp3) is 1.00. The van der Waals surface area contributed by atoms with Crippen molar-refractivity contribution in [1.29, 1.82) is 0 Å². The summed E-state index contributed by atoms with van der Waals surface area (Å²) in [7, 11) is -4.34. The molecule has 0 amide bonds. The van der Waals surface area contributed by atoms with E-state index >= 15 is 0 Å². The lowest BCUT2D eigenvalue weighted by atomic mass is 10.5. The number of hydrogen-bond acceptors (Lipinski definition) is 7. The first-order chi connectivity index (χ1) is 9.51. The third-order valence-electron chi connectivity index (χ3n) is 3.14. The first-order valence-electron chi connectivity index (χ1n) is 6.34. The molecule has 8 nitrogen and oxygen atoms in total. The van der Waals surface area contributed by atoms with Crippen LogP contribution >= 0.6 is 25.2 Å². The van der Waals surface area contributed by atoms with Crippen molar-refractivity contribution in [2.75, 3.05) is 58.1 Å². The quantitative estimate of drug-likeness (QED) is 0.472.